The minimum atomic E-state index is -0.435. The van der Waals surface area contributed by atoms with E-state index in [1.54, 1.807) is 47.4 Å². The first-order valence-corrected chi connectivity index (χ1v) is 9.20. The van der Waals surface area contributed by atoms with Crippen molar-refractivity contribution < 1.29 is 28.5 Å². The molecule has 3 rings (SSSR count). The minimum Gasteiger partial charge on any atom is -0.497 e. The second-order valence-electron chi connectivity index (χ2n) is 6.27. The van der Waals surface area contributed by atoms with Crippen LogP contribution in [0.1, 0.15) is 15.9 Å². The highest BCUT2D eigenvalue weighted by Gasteiger charge is 2.19. The fourth-order valence-electron chi connectivity index (χ4n) is 2.88. The topological polar surface area (TPSA) is 74.3 Å². The summed E-state index contributed by atoms with van der Waals surface area (Å²) < 4.78 is 21.2. The molecular weight excluding hydrogens is 374 g/mol. The molecule has 29 heavy (non-hydrogen) atoms. The van der Waals surface area contributed by atoms with E-state index in [0.717, 1.165) is 0 Å². The van der Waals surface area contributed by atoms with E-state index in [1.165, 1.54) is 20.3 Å². The second-order valence-corrected chi connectivity index (χ2v) is 6.27. The van der Waals surface area contributed by atoms with Crippen LogP contribution in [0.3, 0.4) is 0 Å². The number of morpholine rings is 1. The van der Waals surface area contributed by atoms with Gasteiger partial charge in [-0.25, -0.2) is 4.79 Å². The highest BCUT2D eigenvalue weighted by atomic mass is 16.6. The summed E-state index contributed by atoms with van der Waals surface area (Å²) in [6.45, 7) is 1.97. The average molecular weight is 397 g/mol. The lowest BCUT2D eigenvalue weighted by molar-refractivity contribution is 0.0416. The smallest absolute Gasteiger partial charge is 0.415 e. The predicted octanol–water partition coefficient (Wildman–Crippen LogP) is 3.43. The van der Waals surface area contributed by atoms with Gasteiger partial charge in [-0.15, -0.1) is 0 Å². The van der Waals surface area contributed by atoms with Crippen molar-refractivity contribution in [1.29, 1.82) is 0 Å². The SMILES string of the molecule is COc1ccc(OC)c(C(=O)C=Cc2ccccc2OC(=O)N2CCOCC2)c1. The highest BCUT2D eigenvalue weighted by molar-refractivity contribution is 6.09. The molecule has 1 fully saturated rings. The van der Waals surface area contributed by atoms with Crippen LogP contribution < -0.4 is 14.2 Å². The summed E-state index contributed by atoms with van der Waals surface area (Å²) in [7, 11) is 3.04. The Morgan fingerprint density at radius 2 is 1.76 bits per heavy atom. The maximum atomic E-state index is 12.7. The minimum absolute atomic E-state index is 0.255. The van der Waals surface area contributed by atoms with Crippen LogP contribution in [-0.4, -0.2) is 57.3 Å². The van der Waals surface area contributed by atoms with Crippen molar-refractivity contribution in [3.05, 3.63) is 59.7 Å². The van der Waals surface area contributed by atoms with Crippen LogP contribution in [0.15, 0.2) is 48.5 Å². The van der Waals surface area contributed by atoms with Gasteiger partial charge in [0.2, 0.25) is 0 Å². The lowest BCUT2D eigenvalue weighted by Crippen LogP contribution is -2.42. The van der Waals surface area contributed by atoms with Gasteiger partial charge >= 0.3 is 6.09 Å². The number of hydrogen-bond donors (Lipinski definition) is 0. The molecule has 1 saturated heterocycles. The molecule has 0 spiro atoms. The van der Waals surface area contributed by atoms with Crippen molar-refractivity contribution in [3.8, 4) is 17.2 Å². The molecule has 0 bridgehead atoms. The van der Waals surface area contributed by atoms with Crippen molar-refractivity contribution in [2.24, 2.45) is 0 Å². The number of carbonyl (C=O) groups is 2. The first-order valence-electron chi connectivity index (χ1n) is 9.20. The molecule has 1 amide bonds. The van der Waals surface area contributed by atoms with Crippen molar-refractivity contribution in [1.82, 2.24) is 4.90 Å². The lowest BCUT2D eigenvalue weighted by atomic mass is 10.1. The number of ether oxygens (including phenoxy) is 4. The fraction of sp³-hybridized carbons (Fsp3) is 0.273. The molecule has 2 aromatic carbocycles. The van der Waals surface area contributed by atoms with Gasteiger partial charge in [0.1, 0.15) is 17.2 Å². The molecule has 152 valence electrons. The van der Waals surface area contributed by atoms with Crippen LogP contribution in [0, 0.1) is 0 Å². The number of hydrogen-bond acceptors (Lipinski definition) is 6. The van der Waals surface area contributed by atoms with E-state index in [1.807, 2.05) is 6.07 Å². The van der Waals surface area contributed by atoms with Crippen molar-refractivity contribution in [2.45, 2.75) is 0 Å². The molecule has 0 unspecified atom stereocenters. The largest absolute Gasteiger partial charge is 0.497 e. The Balaban J connectivity index is 1.77. The first-order chi connectivity index (χ1) is 14.1. The Bertz CT molecular complexity index is 902. The maximum Gasteiger partial charge on any atom is 0.415 e. The van der Waals surface area contributed by atoms with E-state index in [4.69, 9.17) is 18.9 Å². The fourth-order valence-corrected chi connectivity index (χ4v) is 2.88. The van der Waals surface area contributed by atoms with Gasteiger partial charge in [-0.2, -0.15) is 0 Å². The molecule has 1 heterocycles. The number of methoxy groups -OCH3 is 2. The predicted molar refractivity (Wildman–Crippen MR) is 108 cm³/mol. The summed E-state index contributed by atoms with van der Waals surface area (Å²) in [5.74, 6) is 1.13. The lowest BCUT2D eigenvalue weighted by Gasteiger charge is -2.26. The number of nitrogens with zero attached hydrogens (tertiary/aromatic N) is 1. The van der Waals surface area contributed by atoms with Crippen LogP contribution >= 0.6 is 0 Å². The highest BCUT2D eigenvalue weighted by Crippen LogP contribution is 2.26. The monoisotopic (exact) mass is 397 g/mol. The Labute approximate surface area is 169 Å². The number of amides is 1. The molecule has 2 aromatic rings. The van der Waals surface area contributed by atoms with E-state index in [9.17, 15) is 9.59 Å². The molecule has 1 aliphatic rings. The van der Waals surface area contributed by atoms with Gasteiger partial charge in [0, 0.05) is 18.7 Å². The third-order valence-corrected chi connectivity index (χ3v) is 4.47. The Hall–Kier alpha value is -3.32. The number of ketones is 1. The first kappa shape index (κ1) is 20.4. The van der Waals surface area contributed by atoms with Gasteiger partial charge in [0.15, 0.2) is 5.78 Å². The zero-order valence-electron chi connectivity index (χ0n) is 16.4. The third-order valence-electron chi connectivity index (χ3n) is 4.47. The van der Waals surface area contributed by atoms with Gasteiger partial charge < -0.3 is 23.8 Å². The van der Waals surface area contributed by atoms with Gasteiger partial charge in [0.25, 0.3) is 0 Å². The van der Waals surface area contributed by atoms with E-state index < -0.39 is 6.09 Å². The zero-order chi connectivity index (χ0) is 20.6. The van der Waals surface area contributed by atoms with E-state index in [0.29, 0.717) is 54.7 Å². The molecular formula is C22H23NO6. The summed E-state index contributed by atoms with van der Waals surface area (Å²) in [5.41, 5.74) is 0.996. The van der Waals surface area contributed by atoms with Crippen molar-refractivity contribution in [3.63, 3.8) is 0 Å². The standard InChI is InChI=1S/C22H23NO6/c1-26-17-8-10-21(27-2)18(15-17)19(24)9-7-16-5-3-4-6-20(16)29-22(25)23-11-13-28-14-12-23/h3-10,15H,11-14H2,1-2H3. The van der Waals surface area contributed by atoms with Crippen molar-refractivity contribution in [2.75, 3.05) is 40.5 Å². The molecule has 0 N–H and O–H groups in total. The van der Waals surface area contributed by atoms with E-state index in [2.05, 4.69) is 0 Å². The summed E-state index contributed by atoms with van der Waals surface area (Å²) in [5, 5.41) is 0. The Morgan fingerprint density at radius 3 is 2.48 bits per heavy atom. The normalized spacial score (nSPS) is 13.9. The number of benzene rings is 2. The zero-order valence-corrected chi connectivity index (χ0v) is 16.4. The molecule has 0 atom stereocenters. The maximum absolute atomic E-state index is 12.7. The van der Waals surface area contributed by atoms with Crippen LogP contribution in [0.25, 0.3) is 6.08 Å². The van der Waals surface area contributed by atoms with Gasteiger partial charge in [-0.1, -0.05) is 18.2 Å². The van der Waals surface area contributed by atoms with Gasteiger partial charge in [0.05, 0.1) is 33.0 Å². The van der Waals surface area contributed by atoms with Gasteiger partial charge in [-0.05, 0) is 36.4 Å². The second kappa shape index (κ2) is 9.75. The molecule has 0 aromatic heterocycles. The quantitative estimate of drug-likeness (QED) is 0.549. The number of allylic oxidation sites excluding steroid dienone is 1. The molecule has 7 nitrogen and oxygen atoms in total. The van der Waals surface area contributed by atoms with Crippen LogP contribution in [-0.2, 0) is 4.74 Å². The number of carbonyl (C=O) groups excluding carboxylic acids is 2. The Kier molecular flexibility index (Phi) is 6.86. The van der Waals surface area contributed by atoms with Crippen LogP contribution in [0.5, 0.6) is 17.2 Å². The summed E-state index contributed by atoms with van der Waals surface area (Å²) in [4.78, 5) is 26.6. The summed E-state index contributed by atoms with van der Waals surface area (Å²) in [6.07, 6.45) is 2.59. The molecule has 7 heteroatoms. The molecule has 1 aliphatic heterocycles. The van der Waals surface area contributed by atoms with E-state index in [-0.39, 0.29) is 5.78 Å². The van der Waals surface area contributed by atoms with Crippen LogP contribution in [0.2, 0.25) is 0 Å². The molecule has 0 aliphatic carbocycles. The number of rotatable bonds is 6. The average Bonchev–Trinajstić information content (AvgIpc) is 2.78. The van der Waals surface area contributed by atoms with Crippen molar-refractivity contribution >= 4 is 18.0 Å². The summed E-state index contributed by atoms with van der Waals surface area (Å²) in [6, 6.07) is 12.1. The molecule has 0 radical (unpaired) electrons. The van der Waals surface area contributed by atoms with Gasteiger partial charge in [-0.3, -0.25) is 4.79 Å². The van der Waals surface area contributed by atoms with E-state index >= 15 is 0 Å². The Morgan fingerprint density at radius 1 is 1.00 bits per heavy atom. The van der Waals surface area contributed by atoms with Crippen LogP contribution in [0.4, 0.5) is 4.79 Å². The molecule has 0 saturated carbocycles. The summed E-state index contributed by atoms with van der Waals surface area (Å²) >= 11 is 0. The third kappa shape index (κ3) is 5.14. The number of para-hydroxylation sites is 1.